The molecule has 0 aromatic heterocycles. The van der Waals surface area contributed by atoms with E-state index < -0.39 is 0 Å². The zero-order valence-electron chi connectivity index (χ0n) is 11.5. The summed E-state index contributed by atoms with van der Waals surface area (Å²) in [6.45, 7) is 0. The fourth-order valence-electron chi connectivity index (χ4n) is 2.73. The van der Waals surface area contributed by atoms with Gasteiger partial charge in [0, 0.05) is 0 Å². The van der Waals surface area contributed by atoms with Gasteiger partial charge < -0.3 is 4.74 Å². The van der Waals surface area contributed by atoms with E-state index in [1.807, 2.05) is 24.3 Å². The van der Waals surface area contributed by atoms with E-state index in [1.165, 1.54) is 32.1 Å². The Morgan fingerprint density at radius 1 is 1.21 bits per heavy atom. The van der Waals surface area contributed by atoms with Gasteiger partial charge in [-0.05, 0) is 36.5 Å². The highest BCUT2D eigenvalue weighted by atomic mass is 16.5. The maximum absolute atomic E-state index is 9.32. The second kappa shape index (κ2) is 6.99. The summed E-state index contributed by atoms with van der Waals surface area (Å²) in [6, 6.07) is 10.4. The quantitative estimate of drug-likeness (QED) is 0.797. The molecule has 0 N–H and O–H groups in total. The summed E-state index contributed by atoms with van der Waals surface area (Å²) in [5.74, 6) is 1.47. The van der Waals surface area contributed by atoms with Gasteiger partial charge in [-0.25, -0.2) is 0 Å². The number of methoxy groups -OCH3 is 1. The first-order chi connectivity index (χ1) is 9.33. The number of ether oxygens (including phenoxy) is 1. The predicted molar refractivity (Wildman–Crippen MR) is 77.7 cm³/mol. The number of hydrogen-bond donors (Lipinski definition) is 0. The van der Waals surface area contributed by atoms with Crippen molar-refractivity contribution in [2.45, 2.75) is 32.1 Å². The third-order valence-electron chi connectivity index (χ3n) is 3.92. The Kier molecular flexibility index (Phi) is 5.03. The molecule has 0 heterocycles. The van der Waals surface area contributed by atoms with Gasteiger partial charge in [0.1, 0.15) is 5.75 Å². The maximum Gasteiger partial charge on any atom is 0.118 e. The summed E-state index contributed by atoms with van der Waals surface area (Å²) in [7, 11) is 1.67. The highest BCUT2D eigenvalue weighted by Crippen LogP contribution is 2.30. The molecule has 0 saturated heterocycles. The molecule has 1 fully saturated rings. The number of hydrogen-bond acceptors (Lipinski definition) is 2. The topological polar surface area (TPSA) is 33.0 Å². The van der Waals surface area contributed by atoms with E-state index in [2.05, 4.69) is 18.2 Å². The summed E-state index contributed by atoms with van der Waals surface area (Å²) >= 11 is 0. The van der Waals surface area contributed by atoms with Crippen molar-refractivity contribution in [2.24, 2.45) is 11.8 Å². The van der Waals surface area contributed by atoms with Crippen LogP contribution in [0.1, 0.15) is 37.7 Å². The van der Waals surface area contributed by atoms with E-state index in [4.69, 9.17) is 4.74 Å². The molecule has 19 heavy (non-hydrogen) atoms. The van der Waals surface area contributed by atoms with Gasteiger partial charge in [-0.15, -0.1) is 0 Å². The maximum atomic E-state index is 9.32. The molecule has 0 unspecified atom stereocenters. The number of benzene rings is 1. The van der Waals surface area contributed by atoms with Crippen LogP contribution in [0.4, 0.5) is 0 Å². The molecule has 0 spiro atoms. The lowest BCUT2D eigenvalue weighted by Gasteiger charge is -2.23. The molecular weight excluding hydrogens is 234 g/mol. The van der Waals surface area contributed by atoms with Crippen LogP contribution in [-0.2, 0) is 0 Å². The Labute approximate surface area is 115 Å². The van der Waals surface area contributed by atoms with Crippen LogP contribution < -0.4 is 4.74 Å². The van der Waals surface area contributed by atoms with Crippen molar-refractivity contribution in [1.29, 1.82) is 5.26 Å². The minimum atomic E-state index is 0.0578. The number of nitriles is 1. The Hall–Kier alpha value is -1.75. The summed E-state index contributed by atoms with van der Waals surface area (Å²) in [5, 5.41) is 9.32. The molecule has 1 aliphatic carbocycles. The van der Waals surface area contributed by atoms with Gasteiger partial charge in [0.2, 0.25) is 0 Å². The lowest BCUT2D eigenvalue weighted by molar-refractivity contribution is 0.323. The average molecular weight is 255 g/mol. The number of rotatable bonds is 4. The van der Waals surface area contributed by atoms with Crippen molar-refractivity contribution in [2.75, 3.05) is 7.11 Å². The van der Waals surface area contributed by atoms with Crippen molar-refractivity contribution in [3.05, 3.63) is 35.9 Å². The molecule has 1 atom stereocenters. The molecule has 1 aliphatic rings. The van der Waals surface area contributed by atoms with Crippen LogP contribution in [0.3, 0.4) is 0 Å². The van der Waals surface area contributed by atoms with E-state index in [0.29, 0.717) is 5.92 Å². The first-order valence-electron chi connectivity index (χ1n) is 7.05. The summed E-state index contributed by atoms with van der Waals surface area (Å²) in [6.07, 6.45) is 10.4. The standard InChI is InChI=1S/C17H21NO/c1-19-17-11-8-14(9-12-17)7-10-16(13-18)15-5-3-2-4-6-15/h7-12,15-16H,2-6H2,1H3/b10-7+/t16-/m0/s1. The van der Waals surface area contributed by atoms with Crippen LogP contribution in [0.15, 0.2) is 30.3 Å². The van der Waals surface area contributed by atoms with Gasteiger partial charge >= 0.3 is 0 Å². The van der Waals surface area contributed by atoms with Crippen molar-refractivity contribution < 1.29 is 4.74 Å². The van der Waals surface area contributed by atoms with Gasteiger partial charge in [-0.1, -0.05) is 43.5 Å². The molecule has 2 nitrogen and oxygen atoms in total. The van der Waals surface area contributed by atoms with Crippen molar-refractivity contribution in [1.82, 2.24) is 0 Å². The lowest BCUT2D eigenvalue weighted by atomic mass is 9.80. The Bertz CT molecular complexity index is 449. The largest absolute Gasteiger partial charge is 0.497 e. The molecule has 2 rings (SSSR count). The fourth-order valence-corrected chi connectivity index (χ4v) is 2.73. The van der Waals surface area contributed by atoms with E-state index >= 15 is 0 Å². The normalized spacial score (nSPS) is 18.1. The number of nitrogens with zero attached hydrogens (tertiary/aromatic N) is 1. The van der Waals surface area contributed by atoms with Crippen LogP contribution in [0.5, 0.6) is 5.75 Å². The Morgan fingerprint density at radius 3 is 2.47 bits per heavy atom. The second-order valence-corrected chi connectivity index (χ2v) is 5.19. The molecule has 0 amide bonds. The van der Waals surface area contributed by atoms with Crippen LogP contribution in [0.2, 0.25) is 0 Å². The molecule has 100 valence electrons. The predicted octanol–water partition coefficient (Wildman–Crippen LogP) is 4.43. The molecule has 1 saturated carbocycles. The first kappa shape index (κ1) is 13.7. The smallest absolute Gasteiger partial charge is 0.118 e. The number of allylic oxidation sites excluding steroid dienone is 1. The third kappa shape index (κ3) is 3.86. The van der Waals surface area contributed by atoms with Crippen molar-refractivity contribution >= 4 is 6.08 Å². The van der Waals surface area contributed by atoms with Crippen molar-refractivity contribution in [3.8, 4) is 11.8 Å². The van der Waals surface area contributed by atoms with Crippen LogP contribution in [0, 0.1) is 23.2 Å². The van der Waals surface area contributed by atoms with Gasteiger partial charge in [0.25, 0.3) is 0 Å². The van der Waals surface area contributed by atoms with Crippen LogP contribution in [-0.4, -0.2) is 7.11 Å². The Morgan fingerprint density at radius 2 is 1.89 bits per heavy atom. The summed E-state index contributed by atoms with van der Waals surface area (Å²) in [4.78, 5) is 0. The average Bonchev–Trinajstić information content (AvgIpc) is 2.49. The van der Waals surface area contributed by atoms with Crippen LogP contribution >= 0.6 is 0 Å². The Balaban J connectivity index is 2.00. The summed E-state index contributed by atoms with van der Waals surface area (Å²) < 4.78 is 5.13. The van der Waals surface area contributed by atoms with Gasteiger partial charge in [-0.2, -0.15) is 5.26 Å². The lowest BCUT2D eigenvalue weighted by Crippen LogP contribution is -2.14. The van der Waals surface area contributed by atoms with Gasteiger partial charge in [0.15, 0.2) is 0 Å². The molecule has 1 aromatic carbocycles. The molecule has 0 bridgehead atoms. The van der Waals surface area contributed by atoms with Crippen LogP contribution in [0.25, 0.3) is 6.08 Å². The zero-order chi connectivity index (χ0) is 13.5. The van der Waals surface area contributed by atoms with Gasteiger partial charge in [-0.3, -0.25) is 0 Å². The van der Waals surface area contributed by atoms with Gasteiger partial charge in [0.05, 0.1) is 19.1 Å². The highest BCUT2D eigenvalue weighted by Gasteiger charge is 2.21. The second-order valence-electron chi connectivity index (χ2n) is 5.19. The first-order valence-corrected chi connectivity index (χ1v) is 7.05. The minimum Gasteiger partial charge on any atom is -0.497 e. The molecule has 0 radical (unpaired) electrons. The third-order valence-corrected chi connectivity index (χ3v) is 3.92. The molecular formula is C17H21NO. The van der Waals surface area contributed by atoms with E-state index in [0.717, 1.165) is 11.3 Å². The minimum absolute atomic E-state index is 0.0578. The molecule has 2 heteroatoms. The molecule has 1 aromatic rings. The van der Waals surface area contributed by atoms with E-state index in [9.17, 15) is 5.26 Å². The molecule has 0 aliphatic heterocycles. The highest BCUT2D eigenvalue weighted by molar-refractivity contribution is 5.51. The zero-order valence-corrected chi connectivity index (χ0v) is 11.5. The SMILES string of the molecule is COc1ccc(/C=C/[C@@H](C#N)C2CCCCC2)cc1. The summed E-state index contributed by atoms with van der Waals surface area (Å²) in [5.41, 5.74) is 1.12. The fraction of sp³-hybridized carbons (Fsp3) is 0.471. The van der Waals surface area contributed by atoms with E-state index in [-0.39, 0.29) is 5.92 Å². The van der Waals surface area contributed by atoms with Crippen molar-refractivity contribution in [3.63, 3.8) is 0 Å². The monoisotopic (exact) mass is 255 g/mol. The van der Waals surface area contributed by atoms with E-state index in [1.54, 1.807) is 7.11 Å².